The highest BCUT2D eigenvalue weighted by Crippen LogP contribution is 2.14. The number of carbonyl (C=O) groups is 1. The number of amides is 1. The van der Waals surface area contributed by atoms with Crippen LogP contribution in [0.3, 0.4) is 0 Å². The van der Waals surface area contributed by atoms with Crippen molar-refractivity contribution in [3.05, 3.63) is 29.3 Å². The fourth-order valence-corrected chi connectivity index (χ4v) is 3.29. The van der Waals surface area contributed by atoms with Gasteiger partial charge in [-0.25, -0.2) is 0 Å². The van der Waals surface area contributed by atoms with Crippen LogP contribution in [0.2, 0.25) is 5.02 Å². The van der Waals surface area contributed by atoms with E-state index >= 15 is 0 Å². The monoisotopic (exact) mass is 555 g/mol. The predicted octanol–water partition coefficient (Wildman–Crippen LogP) is -1.80. The standard InChI is InChI=1S/C22H34ClN9O6/c23-12-5-7-13(8-6-12)29-21(26)31-19(24)27-9-3-1-2-4-10-28-20(25)32-22-30-18(37)16(36)17(38-22)15(35)14(34)11-33/h5-8,14-17,33-36H,1-4,9-11H2,(H5,24,26,27,29,31)(H3,25,28,30,32,37)/t14-,15-,16?,17?/m1/s1. The van der Waals surface area contributed by atoms with Gasteiger partial charge in [-0.1, -0.05) is 24.4 Å². The maximum absolute atomic E-state index is 11.9. The van der Waals surface area contributed by atoms with Crippen LogP contribution in [-0.2, 0) is 9.53 Å². The predicted molar refractivity (Wildman–Crippen MR) is 144 cm³/mol. The fraction of sp³-hybridized carbons (Fsp3) is 0.500. The number of hydrogen-bond acceptors (Lipinski definition) is 8. The zero-order valence-electron chi connectivity index (χ0n) is 20.6. The molecular weight excluding hydrogens is 522 g/mol. The lowest BCUT2D eigenvalue weighted by molar-refractivity contribution is -0.152. The molecule has 2 unspecified atom stereocenters. The fourth-order valence-electron chi connectivity index (χ4n) is 3.16. The number of benzene rings is 1. The Balaban J connectivity index is 1.70. The van der Waals surface area contributed by atoms with E-state index in [0.29, 0.717) is 30.2 Å². The number of rotatable bonds is 11. The summed E-state index contributed by atoms with van der Waals surface area (Å²) in [5.41, 5.74) is 18.0. The Bertz CT molecular complexity index is 1030. The molecule has 0 bridgehead atoms. The Morgan fingerprint density at radius 2 is 1.66 bits per heavy atom. The average molecular weight is 556 g/mol. The van der Waals surface area contributed by atoms with Gasteiger partial charge in [0, 0.05) is 23.8 Å². The topological polar surface area (TPSA) is 259 Å². The molecule has 2 rings (SSSR count). The Morgan fingerprint density at radius 1 is 1.05 bits per heavy atom. The van der Waals surface area contributed by atoms with Crippen molar-refractivity contribution in [2.45, 2.75) is 50.1 Å². The highest BCUT2D eigenvalue weighted by molar-refractivity contribution is 6.30. The molecule has 1 aromatic rings. The highest BCUT2D eigenvalue weighted by Gasteiger charge is 2.42. The van der Waals surface area contributed by atoms with Crippen molar-refractivity contribution in [2.75, 3.05) is 25.0 Å². The molecule has 0 aliphatic carbocycles. The van der Waals surface area contributed by atoms with E-state index in [-0.39, 0.29) is 17.9 Å². The average Bonchev–Trinajstić information content (AvgIpc) is 2.88. The summed E-state index contributed by atoms with van der Waals surface area (Å²) >= 11 is 5.84. The maximum Gasteiger partial charge on any atom is 0.300 e. The van der Waals surface area contributed by atoms with Crippen molar-refractivity contribution in [3.63, 3.8) is 0 Å². The Kier molecular flexibility index (Phi) is 12.7. The van der Waals surface area contributed by atoms with Crippen LogP contribution in [0.15, 0.2) is 44.2 Å². The van der Waals surface area contributed by atoms with Gasteiger partial charge in [-0.15, -0.1) is 0 Å². The first-order valence-electron chi connectivity index (χ1n) is 11.8. The summed E-state index contributed by atoms with van der Waals surface area (Å²) < 4.78 is 5.21. The molecule has 15 nitrogen and oxygen atoms in total. The molecule has 12 N–H and O–H groups in total. The Hall–Kier alpha value is -3.50. The number of aliphatic hydroxyl groups is 4. The van der Waals surface area contributed by atoms with Crippen molar-refractivity contribution in [1.82, 2.24) is 5.32 Å². The zero-order chi connectivity index (χ0) is 28.1. The molecular formula is C22H34ClN9O6. The first-order chi connectivity index (χ1) is 18.1. The van der Waals surface area contributed by atoms with Crippen LogP contribution >= 0.6 is 11.6 Å². The van der Waals surface area contributed by atoms with E-state index in [1.54, 1.807) is 24.3 Å². The third kappa shape index (κ3) is 10.5. The van der Waals surface area contributed by atoms with E-state index in [2.05, 4.69) is 30.6 Å². The molecule has 1 aromatic carbocycles. The number of ether oxygens (including phenoxy) is 1. The smallest absolute Gasteiger partial charge is 0.300 e. The number of nitrogens with two attached hydrogens (primary N) is 3. The molecule has 4 atom stereocenters. The lowest BCUT2D eigenvalue weighted by Gasteiger charge is -2.33. The Morgan fingerprint density at radius 3 is 2.26 bits per heavy atom. The SMILES string of the molecule is NC(=NCCCCCCN=C(N)N=C1NC(=O)C(O)C([C@H](O)[C@H](O)CO)O1)N=C(N)Nc1ccc(Cl)cc1. The van der Waals surface area contributed by atoms with Gasteiger partial charge in [-0.05, 0) is 37.1 Å². The molecule has 1 amide bonds. The largest absolute Gasteiger partial charge is 0.455 e. The summed E-state index contributed by atoms with van der Waals surface area (Å²) in [6, 6.07) is 6.55. The number of guanidine groups is 3. The minimum atomic E-state index is -1.78. The number of aliphatic imine (C=N–C) groups is 4. The zero-order valence-corrected chi connectivity index (χ0v) is 21.3. The summed E-state index contributed by atoms with van der Waals surface area (Å²) in [5.74, 6) is -0.929. The normalized spacial score (nSPS) is 21.6. The number of unbranched alkanes of at least 4 members (excludes halogenated alkanes) is 3. The second kappa shape index (κ2) is 15.7. The van der Waals surface area contributed by atoms with Gasteiger partial charge < -0.3 is 47.7 Å². The molecule has 1 aliphatic rings. The van der Waals surface area contributed by atoms with Gasteiger partial charge in [-0.2, -0.15) is 9.98 Å². The molecule has 1 aliphatic heterocycles. The van der Waals surface area contributed by atoms with E-state index in [1.165, 1.54) is 0 Å². The van der Waals surface area contributed by atoms with Crippen molar-refractivity contribution < 1.29 is 30.0 Å². The summed E-state index contributed by atoms with van der Waals surface area (Å²) in [7, 11) is 0. The van der Waals surface area contributed by atoms with E-state index in [4.69, 9.17) is 38.6 Å². The highest BCUT2D eigenvalue weighted by atomic mass is 35.5. The van der Waals surface area contributed by atoms with Crippen molar-refractivity contribution in [3.8, 4) is 0 Å². The Labute approximate surface area is 224 Å². The summed E-state index contributed by atoms with van der Waals surface area (Å²) in [4.78, 5) is 27.9. The van der Waals surface area contributed by atoms with Gasteiger partial charge in [0.15, 0.2) is 12.2 Å². The van der Waals surface area contributed by atoms with Crippen LogP contribution in [0.1, 0.15) is 25.7 Å². The number of aliphatic hydroxyl groups excluding tert-OH is 4. The van der Waals surface area contributed by atoms with Crippen LogP contribution in [0.5, 0.6) is 0 Å². The summed E-state index contributed by atoms with van der Waals surface area (Å²) in [6.45, 7) is 0.0386. The molecule has 1 heterocycles. The van der Waals surface area contributed by atoms with E-state index in [1.807, 2.05) is 0 Å². The third-order valence-electron chi connectivity index (χ3n) is 5.16. The van der Waals surface area contributed by atoms with Crippen LogP contribution in [0.25, 0.3) is 0 Å². The lowest BCUT2D eigenvalue weighted by atomic mass is 10.0. The van der Waals surface area contributed by atoms with Gasteiger partial charge in [0.1, 0.15) is 12.2 Å². The molecule has 38 heavy (non-hydrogen) atoms. The molecule has 0 radical (unpaired) electrons. The van der Waals surface area contributed by atoms with E-state index < -0.39 is 43.0 Å². The first-order valence-corrected chi connectivity index (χ1v) is 12.2. The minimum Gasteiger partial charge on any atom is -0.455 e. The van der Waals surface area contributed by atoms with Crippen LogP contribution in [-0.4, -0.2) is 94.3 Å². The molecule has 1 saturated heterocycles. The third-order valence-corrected chi connectivity index (χ3v) is 5.41. The lowest BCUT2D eigenvalue weighted by Crippen LogP contribution is -2.60. The van der Waals surface area contributed by atoms with Crippen molar-refractivity contribution in [1.29, 1.82) is 0 Å². The number of nitrogens with one attached hydrogen (secondary N) is 2. The number of carbonyl (C=O) groups excluding carboxylic acids is 1. The van der Waals surface area contributed by atoms with Gasteiger partial charge in [0.2, 0.25) is 17.9 Å². The second-order valence-electron chi connectivity index (χ2n) is 8.20. The van der Waals surface area contributed by atoms with Crippen LogP contribution < -0.4 is 27.8 Å². The molecule has 210 valence electrons. The number of halogens is 1. The maximum atomic E-state index is 11.9. The van der Waals surface area contributed by atoms with Crippen molar-refractivity contribution >= 4 is 47.1 Å². The number of amidine groups is 1. The van der Waals surface area contributed by atoms with Gasteiger partial charge in [0.25, 0.3) is 11.9 Å². The van der Waals surface area contributed by atoms with Crippen LogP contribution in [0, 0.1) is 0 Å². The second-order valence-corrected chi connectivity index (χ2v) is 8.63. The molecule has 0 saturated carbocycles. The summed E-state index contributed by atoms with van der Waals surface area (Å²) in [5, 5.41) is 44.0. The minimum absolute atomic E-state index is 0.0608. The number of nitrogens with zero attached hydrogens (tertiary/aromatic N) is 4. The molecule has 16 heteroatoms. The van der Waals surface area contributed by atoms with Gasteiger partial charge in [0.05, 0.1) is 6.61 Å². The van der Waals surface area contributed by atoms with Gasteiger partial charge >= 0.3 is 0 Å². The van der Waals surface area contributed by atoms with E-state index in [0.717, 1.165) is 19.3 Å². The number of anilines is 1. The van der Waals surface area contributed by atoms with E-state index in [9.17, 15) is 20.1 Å². The number of hydrogen-bond donors (Lipinski definition) is 9. The van der Waals surface area contributed by atoms with Crippen molar-refractivity contribution in [2.24, 2.45) is 37.2 Å². The molecule has 1 fully saturated rings. The van der Waals surface area contributed by atoms with Crippen LogP contribution in [0.4, 0.5) is 5.69 Å². The van der Waals surface area contributed by atoms with Gasteiger partial charge in [-0.3, -0.25) is 20.1 Å². The first kappa shape index (κ1) is 30.7. The summed E-state index contributed by atoms with van der Waals surface area (Å²) in [6.07, 6.45) is -3.53. The molecule has 0 aromatic heterocycles. The quantitative estimate of drug-likeness (QED) is 0.0840. The molecule has 0 spiro atoms.